The lowest BCUT2D eigenvalue weighted by Gasteiger charge is -2.06. The van der Waals surface area contributed by atoms with E-state index in [0.29, 0.717) is 0 Å². The maximum atomic E-state index is 11.9. The third kappa shape index (κ3) is 4.06. The van der Waals surface area contributed by atoms with E-state index in [1.165, 1.54) is 11.0 Å². The SMILES string of the molecule is CSc1ccc(C=CC(=O)OCc2cccc3ccccc23)cc1. The Morgan fingerprint density at radius 3 is 2.54 bits per heavy atom. The maximum Gasteiger partial charge on any atom is 0.331 e. The van der Waals surface area contributed by atoms with Gasteiger partial charge in [-0.2, -0.15) is 0 Å². The molecular formula is C21H18O2S. The van der Waals surface area contributed by atoms with Gasteiger partial charge < -0.3 is 4.74 Å². The zero-order valence-electron chi connectivity index (χ0n) is 13.4. The first kappa shape index (κ1) is 16.3. The van der Waals surface area contributed by atoms with E-state index in [9.17, 15) is 4.79 Å². The van der Waals surface area contributed by atoms with Gasteiger partial charge in [0, 0.05) is 11.0 Å². The molecule has 3 rings (SSSR count). The van der Waals surface area contributed by atoms with Crippen LogP contribution in [-0.4, -0.2) is 12.2 Å². The summed E-state index contributed by atoms with van der Waals surface area (Å²) in [6, 6.07) is 22.2. The van der Waals surface area contributed by atoms with E-state index in [2.05, 4.69) is 12.1 Å². The summed E-state index contributed by atoms with van der Waals surface area (Å²) in [6.07, 6.45) is 5.28. The monoisotopic (exact) mass is 334 g/mol. The second-order valence-electron chi connectivity index (χ2n) is 5.35. The lowest BCUT2D eigenvalue weighted by Crippen LogP contribution is -2.01. The molecule has 2 nitrogen and oxygen atoms in total. The average molecular weight is 334 g/mol. The number of rotatable bonds is 5. The minimum absolute atomic E-state index is 0.274. The standard InChI is InChI=1S/C21H18O2S/c1-24-19-12-9-16(10-13-19)11-14-21(22)23-15-18-7-4-6-17-5-2-3-8-20(17)18/h2-14H,15H2,1H3. The Morgan fingerprint density at radius 1 is 1.00 bits per heavy atom. The second kappa shape index (κ2) is 7.84. The van der Waals surface area contributed by atoms with Gasteiger partial charge in [0.15, 0.2) is 0 Å². The van der Waals surface area contributed by atoms with Gasteiger partial charge in [0.1, 0.15) is 6.61 Å². The van der Waals surface area contributed by atoms with Crippen molar-refractivity contribution in [2.75, 3.05) is 6.26 Å². The fourth-order valence-corrected chi connectivity index (χ4v) is 2.90. The molecule has 0 unspecified atom stereocenters. The van der Waals surface area contributed by atoms with Crippen molar-refractivity contribution < 1.29 is 9.53 Å². The van der Waals surface area contributed by atoms with Crippen molar-refractivity contribution in [2.24, 2.45) is 0 Å². The summed E-state index contributed by atoms with van der Waals surface area (Å²) < 4.78 is 5.37. The van der Waals surface area contributed by atoms with Gasteiger partial charge in [-0.25, -0.2) is 4.79 Å². The molecule has 3 aromatic carbocycles. The molecule has 0 bridgehead atoms. The Balaban J connectivity index is 1.63. The van der Waals surface area contributed by atoms with Gasteiger partial charge in [0.25, 0.3) is 0 Å². The quantitative estimate of drug-likeness (QED) is 0.359. The molecular weight excluding hydrogens is 316 g/mol. The van der Waals surface area contributed by atoms with Crippen LogP contribution in [0.15, 0.2) is 77.7 Å². The van der Waals surface area contributed by atoms with E-state index < -0.39 is 0 Å². The predicted molar refractivity (Wildman–Crippen MR) is 101 cm³/mol. The summed E-state index contributed by atoms with van der Waals surface area (Å²) in [6.45, 7) is 0.274. The molecule has 0 aliphatic heterocycles. The first-order valence-electron chi connectivity index (χ1n) is 7.72. The van der Waals surface area contributed by atoms with Crippen LogP contribution in [0.5, 0.6) is 0 Å². The van der Waals surface area contributed by atoms with Crippen LogP contribution in [0.3, 0.4) is 0 Å². The van der Waals surface area contributed by atoms with Gasteiger partial charge in [-0.05, 0) is 46.4 Å². The minimum Gasteiger partial charge on any atom is -0.458 e. The van der Waals surface area contributed by atoms with E-state index in [-0.39, 0.29) is 12.6 Å². The lowest BCUT2D eigenvalue weighted by atomic mass is 10.1. The molecule has 3 heteroatoms. The third-order valence-electron chi connectivity index (χ3n) is 3.78. The molecule has 0 atom stereocenters. The van der Waals surface area contributed by atoms with E-state index in [1.807, 2.05) is 60.9 Å². The Labute approximate surface area is 146 Å². The smallest absolute Gasteiger partial charge is 0.331 e. The summed E-state index contributed by atoms with van der Waals surface area (Å²) in [7, 11) is 0. The molecule has 0 aliphatic carbocycles. The summed E-state index contributed by atoms with van der Waals surface area (Å²) in [5.41, 5.74) is 1.99. The van der Waals surface area contributed by atoms with Crippen molar-refractivity contribution in [3.8, 4) is 0 Å². The molecule has 0 aliphatic rings. The maximum absolute atomic E-state index is 11.9. The number of thioether (sulfide) groups is 1. The van der Waals surface area contributed by atoms with Crippen LogP contribution in [0.2, 0.25) is 0 Å². The molecule has 0 heterocycles. The number of ether oxygens (including phenoxy) is 1. The molecule has 0 saturated carbocycles. The summed E-state index contributed by atoms with van der Waals surface area (Å²) in [4.78, 5) is 13.1. The Kier molecular flexibility index (Phi) is 5.34. The third-order valence-corrected chi connectivity index (χ3v) is 4.52. The summed E-state index contributed by atoms with van der Waals surface area (Å²) >= 11 is 1.69. The summed E-state index contributed by atoms with van der Waals surface area (Å²) in [5, 5.41) is 2.26. The highest BCUT2D eigenvalue weighted by molar-refractivity contribution is 7.98. The normalized spacial score (nSPS) is 11.0. The van der Waals surface area contributed by atoms with E-state index >= 15 is 0 Å². The molecule has 0 saturated heterocycles. The lowest BCUT2D eigenvalue weighted by molar-refractivity contribution is -0.138. The van der Waals surface area contributed by atoms with Crippen molar-refractivity contribution in [1.82, 2.24) is 0 Å². The number of hydrogen-bond acceptors (Lipinski definition) is 3. The van der Waals surface area contributed by atoms with Gasteiger partial charge >= 0.3 is 5.97 Å². The minimum atomic E-state index is -0.336. The second-order valence-corrected chi connectivity index (χ2v) is 6.23. The Bertz CT molecular complexity index is 861. The van der Waals surface area contributed by atoms with E-state index in [1.54, 1.807) is 17.8 Å². The van der Waals surface area contributed by atoms with Crippen LogP contribution in [0, 0.1) is 0 Å². The van der Waals surface area contributed by atoms with Crippen LogP contribution in [0.1, 0.15) is 11.1 Å². The highest BCUT2D eigenvalue weighted by Gasteiger charge is 2.03. The van der Waals surface area contributed by atoms with Crippen LogP contribution in [-0.2, 0) is 16.1 Å². The Hall–Kier alpha value is -2.52. The number of benzene rings is 3. The zero-order chi connectivity index (χ0) is 16.8. The molecule has 120 valence electrons. The molecule has 0 N–H and O–H groups in total. The van der Waals surface area contributed by atoms with Gasteiger partial charge in [0.2, 0.25) is 0 Å². The van der Waals surface area contributed by atoms with Crippen molar-refractivity contribution in [3.05, 3.63) is 83.9 Å². The van der Waals surface area contributed by atoms with Crippen LogP contribution >= 0.6 is 11.8 Å². The number of carbonyl (C=O) groups excluding carboxylic acids is 1. The molecule has 0 radical (unpaired) electrons. The van der Waals surface area contributed by atoms with Crippen LogP contribution in [0.4, 0.5) is 0 Å². The van der Waals surface area contributed by atoms with Crippen LogP contribution in [0.25, 0.3) is 16.8 Å². The van der Waals surface area contributed by atoms with Gasteiger partial charge in [-0.1, -0.05) is 54.6 Å². The average Bonchev–Trinajstić information content (AvgIpc) is 2.65. The van der Waals surface area contributed by atoms with Gasteiger partial charge in [-0.15, -0.1) is 11.8 Å². The van der Waals surface area contributed by atoms with Crippen LogP contribution < -0.4 is 0 Å². The van der Waals surface area contributed by atoms with Crippen molar-refractivity contribution in [1.29, 1.82) is 0 Å². The highest BCUT2D eigenvalue weighted by Crippen LogP contribution is 2.19. The topological polar surface area (TPSA) is 26.3 Å². The molecule has 0 spiro atoms. The molecule has 0 aromatic heterocycles. The number of esters is 1. The molecule has 0 amide bonds. The first-order chi connectivity index (χ1) is 11.8. The van der Waals surface area contributed by atoms with E-state index in [4.69, 9.17) is 4.74 Å². The molecule has 3 aromatic rings. The molecule has 0 fully saturated rings. The predicted octanol–water partition coefficient (Wildman–Crippen LogP) is 5.32. The summed E-state index contributed by atoms with van der Waals surface area (Å²) in [5.74, 6) is -0.336. The number of carbonyl (C=O) groups is 1. The van der Waals surface area contributed by atoms with Crippen molar-refractivity contribution in [2.45, 2.75) is 11.5 Å². The van der Waals surface area contributed by atoms with Gasteiger partial charge in [-0.3, -0.25) is 0 Å². The highest BCUT2D eigenvalue weighted by atomic mass is 32.2. The zero-order valence-corrected chi connectivity index (χ0v) is 14.3. The number of hydrogen-bond donors (Lipinski definition) is 0. The fraction of sp³-hybridized carbons (Fsp3) is 0.0952. The number of fused-ring (bicyclic) bond motifs is 1. The van der Waals surface area contributed by atoms with E-state index in [0.717, 1.165) is 21.9 Å². The first-order valence-corrected chi connectivity index (χ1v) is 8.94. The largest absolute Gasteiger partial charge is 0.458 e. The van der Waals surface area contributed by atoms with Crippen molar-refractivity contribution >= 4 is 34.6 Å². The van der Waals surface area contributed by atoms with Crippen molar-refractivity contribution in [3.63, 3.8) is 0 Å². The fourth-order valence-electron chi connectivity index (χ4n) is 2.49. The van der Waals surface area contributed by atoms with Gasteiger partial charge in [0.05, 0.1) is 0 Å². The Morgan fingerprint density at radius 2 is 1.75 bits per heavy atom. The molecule has 24 heavy (non-hydrogen) atoms.